The number of Topliss-reactive ketones (excluding diaryl/α,β-unsaturated/α-hetero) is 1. The van der Waals surface area contributed by atoms with Crippen molar-refractivity contribution < 1.29 is 18.7 Å². The van der Waals surface area contributed by atoms with Crippen molar-refractivity contribution in [3.63, 3.8) is 0 Å². The van der Waals surface area contributed by atoms with Crippen LogP contribution in [0, 0.1) is 5.82 Å². The highest BCUT2D eigenvalue weighted by Gasteiger charge is 2.09. The molecule has 17 heavy (non-hydrogen) atoms. The Labute approximate surface area is 101 Å². The van der Waals surface area contributed by atoms with Gasteiger partial charge in [0.1, 0.15) is 0 Å². The first-order valence-corrected chi connectivity index (χ1v) is 5.63. The summed E-state index contributed by atoms with van der Waals surface area (Å²) in [6.45, 7) is 3.10. The van der Waals surface area contributed by atoms with Crippen LogP contribution in [0.3, 0.4) is 0 Å². The van der Waals surface area contributed by atoms with Gasteiger partial charge in [-0.3, -0.25) is 4.79 Å². The predicted octanol–water partition coefficient (Wildman–Crippen LogP) is 2.83. The van der Waals surface area contributed by atoms with Gasteiger partial charge in [-0.1, -0.05) is 0 Å². The predicted molar refractivity (Wildman–Crippen MR) is 63.0 cm³/mol. The highest BCUT2D eigenvalue weighted by atomic mass is 19.1. The van der Waals surface area contributed by atoms with Crippen LogP contribution >= 0.6 is 0 Å². The van der Waals surface area contributed by atoms with Crippen molar-refractivity contribution in [1.82, 2.24) is 0 Å². The molecule has 0 aliphatic carbocycles. The van der Waals surface area contributed by atoms with Gasteiger partial charge in [0, 0.05) is 25.2 Å². The molecule has 1 aromatic carbocycles. The van der Waals surface area contributed by atoms with Crippen molar-refractivity contribution in [2.45, 2.75) is 19.8 Å². The van der Waals surface area contributed by atoms with Crippen molar-refractivity contribution in [2.75, 3.05) is 20.3 Å². The summed E-state index contributed by atoms with van der Waals surface area (Å²) >= 11 is 0. The average Bonchev–Trinajstić information content (AvgIpc) is 2.34. The van der Waals surface area contributed by atoms with Crippen LogP contribution in [0.25, 0.3) is 0 Å². The van der Waals surface area contributed by atoms with E-state index in [-0.39, 0.29) is 11.5 Å². The van der Waals surface area contributed by atoms with Gasteiger partial charge in [-0.05, 0) is 31.5 Å². The molecule has 0 atom stereocenters. The summed E-state index contributed by atoms with van der Waals surface area (Å²) in [5.74, 6) is -0.440. The molecule has 94 valence electrons. The van der Waals surface area contributed by atoms with Gasteiger partial charge in [-0.2, -0.15) is 0 Å². The molecule has 0 amide bonds. The van der Waals surface area contributed by atoms with Crippen LogP contribution in [0.4, 0.5) is 4.39 Å². The minimum absolute atomic E-state index is 0.0775. The van der Waals surface area contributed by atoms with E-state index in [1.54, 1.807) is 6.07 Å². The van der Waals surface area contributed by atoms with Crippen molar-refractivity contribution >= 4 is 5.78 Å². The van der Waals surface area contributed by atoms with Crippen LogP contribution in [0.15, 0.2) is 18.2 Å². The molecule has 0 fully saturated rings. The first kappa shape index (κ1) is 13.6. The Hall–Kier alpha value is -1.42. The van der Waals surface area contributed by atoms with Gasteiger partial charge >= 0.3 is 0 Å². The summed E-state index contributed by atoms with van der Waals surface area (Å²) in [5.41, 5.74) is 0.375. The second-order valence-corrected chi connectivity index (χ2v) is 3.57. The zero-order valence-electron chi connectivity index (χ0n) is 10.2. The molecule has 0 heterocycles. The molecule has 0 bridgehead atoms. The summed E-state index contributed by atoms with van der Waals surface area (Å²) in [6.07, 6.45) is 1.02. The smallest absolute Gasteiger partial charge is 0.165 e. The van der Waals surface area contributed by atoms with Crippen LogP contribution < -0.4 is 4.74 Å². The Kier molecular flexibility index (Phi) is 5.63. The van der Waals surface area contributed by atoms with Gasteiger partial charge in [-0.25, -0.2) is 4.39 Å². The van der Waals surface area contributed by atoms with Gasteiger partial charge in [-0.15, -0.1) is 0 Å². The molecule has 0 radical (unpaired) electrons. The molecule has 3 nitrogen and oxygen atoms in total. The van der Waals surface area contributed by atoms with Crippen LogP contribution in [0.2, 0.25) is 0 Å². The third-order valence-corrected chi connectivity index (χ3v) is 2.37. The number of halogens is 1. The number of ether oxygens (including phenoxy) is 2. The fraction of sp³-hybridized carbons (Fsp3) is 0.462. The largest absolute Gasteiger partial charge is 0.494 e. The van der Waals surface area contributed by atoms with Crippen LogP contribution in [0.1, 0.15) is 30.1 Å². The maximum atomic E-state index is 13.4. The van der Waals surface area contributed by atoms with Gasteiger partial charge < -0.3 is 9.47 Å². The molecule has 0 aliphatic heterocycles. The van der Waals surface area contributed by atoms with Crippen LogP contribution in [-0.2, 0) is 4.74 Å². The Morgan fingerprint density at radius 3 is 2.76 bits per heavy atom. The van der Waals surface area contributed by atoms with E-state index in [9.17, 15) is 9.18 Å². The fourth-order valence-electron chi connectivity index (χ4n) is 1.46. The monoisotopic (exact) mass is 240 g/mol. The number of ketones is 1. The van der Waals surface area contributed by atoms with E-state index in [2.05, 4.69) is 0 Å². The molecule has 4 heteroatoms. The van der Waals surface area contributed by atoms with Crippen molar-refractivity contribution in [3.05, 3.63) is 29.6 Å². The van der Waals surface area contributed by atoms with E-state index < -0.39 is 5.82 Å². The molecule has 0 unspecified atom stereocenters. The lowest BCUT2D eigenvalue weighted by molar-refractivity contribution is 0.0946. The second kappa shape index (κ2) is 7.01. The third kappa shape index (κ3) is 4.15. The molecule has 0 aromatic heterocycles. The number of rotatable bonds is 7. The summed E-state index contributed by atoms with van der Waals surface area (Å²) in [4.78, 5) is 11.7. The van der Waals surface area contributed by atoms with E-state index in [0.717, 1.165) is 0 Å². The van der Waals surface area contributed by atoms with E-state index in [4.69, 9.17) is 9.47 Å². The van der Waals surface area contributed by atoms with Crippen molar-refractivity contribution in [2.24, 2.45) is 0 Å². The molecule has 0 aliphatic rings. The first-order chi connectivity index (χ1) is 8.19. The van der Waals surface area contributed by atoms with Crippen LogP contribution in [-0.4, -0.2) is 26.1 Å². The lowest BCUT2D eigenvalue weighted by Gasteiger charge is -2.05. The normalized spacial score (nSPS) is 10.3. The molecule has 0 saturated heterocycles. The second-order valence-electron chi connectivity index (χ2n) is 3.57. The maximum Gasteiger partial charge on any atom is 0.165 e. The van der Waals surface area contributed by atoms with E-state index in [1.807, 2.05) is 6.92 Å². The molecular weight excluding hydrogens is 223 g/mol. The molecular formula is C13H17FO3. The van der Waals surface area contributed by atoms with Gasteiger partial charge in [0.05, 0.1) is 7.11 Å². The van der Waals surface area contributed by atoms with Gasteiger partial charge in [0.2, 0.25) is 0 Å². The minimum atomic E-state index is -0.511. The maximum absolute atomic E-state index is 13.4. The number of benzene rings is 1. The SMILES string of the molecule is CCOCCCC(=O)c1ccc(OC)c(F)c1. The summed E-state index contributed by atoms with van der Waals surface area (Å²) in [5, 5.41) is 0. The van der Waals surface area contributed by atoms with Crippen molar-refractivity contribution in [1.29, 1.82) is 0 Å². The lowest BCUT2D eigenvalue weighted by Crippen LogP contribution is -2.03. The summed E-state index contributed by atoms with van der Waals surface area (Å²) in [6, 6.07) is 4.25. The number of carbonyl (C=O) groups excluding carboxylic acids is 1. The first-order valence-electron chi connectivity index (χ1n) is 5.63. The number of methoxy groups -OCH3 is 1. The molecule has 0 spiro atoms. The Morgan fingerprint density at radius 1 is 1.41 bits per heavy atom. The zero-order valence-corrected chi connectivity index (χ0v) is 10.2. The Bertz CT molecular complexity index is 377. The summed E-state index contributed by atoms with van der Waals surface area (Å²) < 4.78 is 23.3. The van der Waals surface area contributed by atoms with E-state index in [0.29, 0.717) is 31.6 Å². The van der Waals surface area contributed by atoms with E-state index in [1.165, 1.54) is 19.2 Å². The highest BCUT2D eigenvalue weighted by Crippen LogP contribution is 2.18. The molecule has 0 saturated carbocycles. The zero-order chi connectivity index (χ0) is 12.7. The Balaban J connectivity index is 2.54. The van der Waals surface area contributed by atoms with Crippen LogP contribution in [0.5, 0.6) is 5.75 Å². The standard InChI is InChI=1S/C13H17FO3/c1-3-17-8-4-5-12(15)10-6-7-13(16-2)11(14)9-10/h6-7,9H,3-5,8H2,1-2H3. The van der Waals surface area contributed by atoms with E-state index >= 15 is 0 Å². The van der Waals surface area contributed by atoms with Crippen molar-refractivity contribution in [3.8, 4) is 5.75 Å². The lowest BCUT2D eigenvalue weighted by atomic mass is 10.1. The fourth-order valence-corrected chi connectivity index (χ4v) is 1.46. The highest BCUT2D eigenvalue weighted by molar-refractivity contribution is 5.96. The quantitative estimate of drug-likeness (QED) is 0.543. The molecule has 0 N–H and O–H groups in total. The average molecular weight is 240 g/mol. The minimum Gasteiger partial charge on any atom is -0.494 e. The third-order valence-electron chi connectivity index (χ3n) is 2.37. The number of carbonyl (C=O) groups is 1. The number of hydrogen-bond donors (Lipinski definition) is 0. The number of hydrogen-bond acceptors (Lipinski definition) is 3. The molecule has 1 rings (SSSR count). The summed E-state index contributed by atoms with van der Waals surface area (Å²) in [7, 11) is 1.39. The van der Waals surface area contributed by atoms with Gasteiger partial charge in [0.15, 0.2) is 17.3 Å². The molecule has 1 aromatic rings. The Morgan fingerprint density at radius 2 is 2.18 bits per heavy atom. The van der Waals surface area contributed by atoms with Gasteiger partial charge in [0.25, 0.3) is 0 Å². The topological polar surface area (TPSA) is 35.5 Å².